The molecule has 0 saturated carbocycles. The summed E-state index contributed by atoms with van der Waals surface area (Å²) in [5, 5.41) is 8.40. The van der Waals surface area contributed by atoms with E-state index in [4.69, 9.17) is 5.26 Å². The third kappa shape index (κ3) is 1.25. The molecule has 14 heavy (non-hydrogen) atoms. The molecule has 1 heterocycles. The van der Waals surface area contributed by atoms with Gasteiger partial charge in [0.2, 0.25) is 5.91 Å². The van der Waals surface area contributed by atoms with Gasteiger partial charge in [-0.05, 0) is 12.1 Å². The molecule has 0 radical (unpaired) electrons. The summed E-state index contributed by atoms with van der Waals surface area (Å²) >= 11 is 0. The zero-order valence-corrected chi connectivity index (χ0v) is 7.34. The Balaban J connectivity index is 2.54. The molecule has 0 atom stereocenters. The lowest BCUT2D eigenvalue weighted by molar-refractivity contribution is 0.0924. The van der Waals surface area contributed by atoms with Gasteiger partial charge in [0, 0.05) is 0 Å². The number of nitrogens with zero attached hydrogens (tertiary/aromatic N) is 3. The van der Waals surface area contributed by atoms with Crippen molar-refractivity contribution in [1.82, 2.24) is 9.55 Å². The van der Waals surface area contributed by atoms with Crippen LogP contribution in [0, 0.1) is 11.3 Å². The first-order valence-corrected chi connectivity index (χ1v) is 4.15. The SMILES string of the molecule is N#CCC(=O)n1cnc2ccccc21. The molecule has 0 fully saturated rings. The molecular formula is C10H7N3O. The van der Waals surface area contributed by atoms with Crippen molar-refractivity contribution in [3.05, 3.63) is 30.6 Å². The van der Waals surface area contributed by atoms with E-state index in [1.807, 2.05) is 24.3 Å². The van der Waals surface area contributed by atoms with E-state index in [0.29, 0.717) is 0 Å². The highest BCUT2D eigenvalue weighted by atomic mass is 16.2. The van der Waals surface area contributed by atoms with Crippen molar-refractivity contribution in [3.8, 4) is 6.07 Å². The first kappa shape index (κ1) is 8.45. The molecule has 68 valence electrons. The van der Waals surface area contributed by atoms with Crippen molar-refractivity contribution in [1.29, 1.82) is 5.26 Å². The van der Waals surface area contributed by atoms with Crippen LogP contribution in [0.25, 0.3) is 11.0 Å². The van der Waals surface area contributed by atoms with Gasteiger partial charge < -0.3 is 0 Å². The van der Waals surface area contributed by atoms with Crippen LogP contribution in [0.5, 0.6) is 0 Å². The first-order chi connectivity index (χ1) is 6.83. The number of imidazole rings is 1. The molecule has 1 aromatic carbocycles. The smallest absolute Gasteiger partial charge is 0.246 e. The molecule has 4 nitrogen and oxygen atoms in total. The van der Waals surface area contributed by atoms with Crippen LogP contribution in [-0.4, -0.2) is 15.5 Å². The second-order valence-electron chi connectivity index (χ2n) is 2.83. The second kappa shape index (κ2) is 3.30. The largest absolute Gasteiger partial charge is 0.273 e. The number of carbonyl (C=O) groups excluding carboxylic acids is 1. The molecule has 0 aliphatic carbocycles. The van der Waals surface area contributed by atoms with Crippen molar-refractivity contribution in [2.45, 2.75) is 6.42 Å². The van der Waals surface area contributed by atoms with E-state index in [9.17, 15) is 4.79 Å². The molecule has 0 N–H and O–H groups in total. The molecule has 2 rings (SSSR count). The normalized spacial score (nSPS) is 9.93. The fraction of sp³-hybridized carbons (Fsp3) is 0.100. The lowest BCUT2D eigenvalue weighted by Crippen LogP contribution is -2.07. The van der Waals surface area contributed by atoms with Crippen LogP contribution in [0.15, 0.2) is 30.6 Å². The Bertz CT molecular complexity index is 521. The van der Waals surface area contributed by atoms with Crippen LogP contribution in [0.2, 0.25) is 0 Å². The maximum absolute atomic E-state index is 11.4. The molecule has 0 amide bonds. The number of nitriles is 1. The summed E-state index contributed by atoms with van der Waals surface area (Å²) in [6, 6.07) is 9.14. The maximum atomic E-state index is 11.4. The van der Waals surface area contributed by atoms with E-state index < -0.39 is 0 Å². The van der Waals surface area contributed by atoms with Crippen LogP contribution in [0.3, 0.4) is 0 Å². The number of benzene rings is 1. The van der Waals surface area contributed by atoms with Gasteiger partial charge in [-0.2, -0.15) is 5.26 Å². The molecule has 0 aliphatic rings. The minimum atomic E-state index is -0.249. The highest BCUT2D eigenvalue weighted by molar-refractivity contribution is 5.90. The maximum Gasteiger partial charge on any atom is 0.246 e. The third-order valence-corrected chi connectivity index (χ3v) is 1.95. The molecule has 0 unspecified atom stereocenters. The van der Waals surface area contributed by atoms with Crippen LogP contribution >= 0.6 is 0 Å². The first-order valence-electron chi connectivity index (χ1n) is 4.15. The minimum Gasteiger partial charge on any atom is -0.273 e. The van der Waals surface area contributed by atoms with Crippen molar-refractivity contribution in [2.24, 2.45) is 0 Å². The molecule has 0 spiro atoms. The summed E-state index contributed by atoms with van der Waals surface area (Å²) < 4.78 is 1.40. The molecule has 2 aromatic rings. The highest BCUT2D eigenvalue weighted by Crippen LogP contribution is 2.11. The fourth-order valence-corrected chi connectivity index (χ4v) is 1.31. The number of hydrogen-bond donors (Lipinski definition) is 0. The number of hydrogen-bond acceptors (Lipinski definition) is 3. The van der Waals surface area contributed by atoms with E-state index in [-0.39, 0.29) is 12.3 Å². The van der Waals surface area contributed by atoms with Gasteiger partial charge in [0.1, 0.15) is 12.7 Å². The van der Waals surface area contributed by atoms with Crippen LogP contribution in [0.4, 0.5) is 0 Å². The summed E-state index contributed by atoms with van der Waals surface area (Å²) in [4.78, 5) is 15.5. The lowest BCUT2D eigenvalue weighted by Gasteiger charge is -1.97. The topological polar surface area (TPSA) is 58.7 Å². The molecule has 0 bridgehead atoms. The lowest BCUT2D eigenvalue weighted by atomic mass is 10.3. The number of para-hydroxylation sites is 2. The predicted molar refractivity (Wildman–Crippen MR) is 50.6 cm³/mol. The third-order valence-electron chi connectivity index (χ3n) is 1.95. The summed E-state index contributed by atoms with van der Waals surface area (Å²) in [6.45, 7) is 0. The van der Waals surface area contributed by atoms with Gasteiger partial charge in [-0.1, -0.05) is 12.1 Å². The number of fused-ring (bicyclic) bond motifs is 1. The van der Waals surface area contributed by atoms with Gasteiger partial charge in [0.05, 0.1) is 17.1 Å². The van der Waals surface area contributed by atoms with E-state index in [2.05, 4.69) is 4.98 Å². The number of carbonyl (C=O) groups is 1. The summed E-state index contributed by atoms with van der Waals surface area (Å²) in [7, 11) is 0. The van der Waals surface area contributed by atoms with Crippen molar-refractivity contribution in [2.75, 3.05) is 0 Å². The fourth-order valence-electron chi connectivity index (χ4n) is 1.31. The standard InChI is InChI=1S/C10H7N3O/c11-6-5-10(14)13-7-12-8-3-1-2-4-9(8)13/h1-4,7H,5H2. The molecule has 0 aliphatic heterocycles. The Labute approximate surface area is 80.4 Å². The van der Waals surface area contributed by atoms with Crippen LogP contribution in [0.1, 0.15) is 11.2 Å². The number of rotatable bonds is 1. The van der Waals surface area contributed by atoms with Gasteiger partial charge in [0.15, 0.2) is 0 Å². The monoisotopic (exact) mass is 185 g/mol. The van der Waals surface area contributed by atoms with Gasteiger partial charge in [-0.25, -0.2) is 4.98 Å². The number of aromatic nitrogens is 2. The summed E-state index contributed by atoms with van der Waals surface area (Å²) in [6.07, 6.45) is 1.32. The Hall–Kier alpha value is -2.15. The average molecular weight is 185 g/mol. The van der Waals surface area contributed by atoms with Crippen LogP contribution < -0.4 is 0 Å². The molecule has 0 saturated heterocycles. The van der Waals surface area contributed by atoms with E-state index in [0.717, 1.165) is 11.0 Å². The van der Waals surface area contributed by atoms with Crippen molar-refractivity contribution in [3.63, 3.8) is 0 Å². The zero-order valence-electron chi connectivity index (χ0n) is 7.34. The van der Waals surface area contributed by atoms with Gasteiger partial charge in [-0.15, -0.1) is 0 Å². The molecule has 1 aromatic heterocycles. The van der Waals surface area contributed by atoms with E-state index in [1.165, 1.54) is 10.9 Å². The van der Waals surface area contributed by atoms with Gasteiger partial charge in [0.25, 0.3) is 0 Å². The summed E-state index contributed by atoms with van der Waals surface area (Å²) in [5.74, 6) is -0.249. The predicted octanol–water partition coefficient (Wildman–Crippen LogP) is 1.59. The Morgan fingerprint density at radius 3 is 3.07 bits per heavy atom. The van der Waals surface area contributed by atoms with Gasteiger partial charge in [-0.3, -0.25) is 9.36 Å². The average Bonchev–Trinajstić information content (AvgIpc) is 2.61. The van der Waals surface area contributed by atoms with Crippen molar-refractivity contribution < 1.29 is 4.79 Å². The second-order valence-corrected chi connectivity index (χ2v) is 2.83. The molecule has 4 heteroatoms. The zero-order chi connectivity index (χ0) is 9.97. The Morgan fingerprint density at radius 2 is 2.29 bits per heavy atom. The van der Waals surface area contributed by atoms with E-state index in [1.54, 1.807) is 6.07 Å². The Kier molecular flexibility index (Phi) is 1.99. The molecular weight excluding hydrogens is 178 g/mol. The van der Waals surface area contributed by atoms with E-state index >= 15 is 0 Å². The summed E-state index contributed by atoms with van der Waals surface area (Å²) in [5.41, 5.74) is 1.51. The highest BCUT2D eigenvalue weighted by Gasteiger charge is 2.07. The van der Waals surface area contributed by atoms with Gasteiger partial charge >= 0.3 is 0 Å². The minimum absolute atomic E-state index is 0.125. The Morgan fingerprint density at radius 1 is 1.50 bits per heavy atom. The quantitative estimate of drug-likeness (QED) is 0.677. The van der Waals surface area contributed by atoms with Crippen molar-refractivity contribution >= 4 is 16.9 Å². The van der Waals surface area contributed by atoms with Crippen LogP contribution in [-0.2, 0) is 0 Å².